The van der Waals surface area contributed by atoms with E-state index in [9.17, 15) is 0 Å². The van der Waals surface area contributed by atoms with Crippen LogP contribution in [0, 0.1) is 0 Å². The van der Waals surface area contributed by atoms with Crippen LogP contribution in [-0.2, 0) is 25.7 Å². The Hall–Kier alpha value is -3.32. The lowest BCUT2D eigenvalue weighted by Gasteiger charge is -2.14. The fourth-order valence-electron chi connectivity index (χ4n) is 4.28. The van der Waals surface area contributed by atoms with Gasteiger partial charge in [0.25, 0.3) is 0 Å². The van der Waals surface area contributed by atoms with Gasteiger partial charge in [0.2, 0.25) is 0 Å². The molecule has 0 unspecified atom stereocenters. The molecule has 0 bridgehead atoms. The number of rotatable bonds is 0. The van der Waals surface area contributed by atoms with Crippen molar-refractivity contribution in [2.45, 2.75) is 25.7 Å². The number of fused-ring (bicyclic) bond motifs is 5. The van der Waals surface area contributed by atoms with Gasteiger partial charge in [-0.05, 0) is 71.2 Å². The van der Waals surface area contributed by atoms with Gasteiger partial charge in [0.05, 0.1) is 0 Å². The smallest absolute Gasteiger partial charge is 0.130 e. The second-order valence-corrected chi connectivity index (χ2v) is 7.63. The molecule has 4 aromatic rings. The van der Waals surface area contributed by atoms with Gasteiger partial charge in [-0.15, -0.1) is 0 Å². The first-order valence-corrected chi connectivity index (χ1v) is 10.4. The van der Waals surface area contributed by atoms with Crippen LogP contribution in [0.1, 0.15) is 22.3 Å². The maximum Gasteiger partial charge on any atom is 0.130 e. The molecule has 5 rings (SSSR count). The zero-order valence-electron chi connectivity index (χ0n) is 16.5. The van der Waals surface area contributed by atoms with Crippen molar-refractivity contribution in [3.05, 3.63) is 119 Å². The molecular formula is C28H24O. The first kappa shape index (κ1) is 17.8. The number of benzene rings is 4. The maximum atomic E-state index is 6.43. The van der Waals surface area contributed by atoms with E-state index in [2.05, 4.69) is 97.1 Å². The zero-order chi connectivity index (χ0) is 19.5. The Kier molecular flexibility index (Phi) is 4.88. The zero-order valence-corrected chi connectivity index (χ0v) is 16.5. The van der Waals surface area contributed by atoms with Crippen molar-refractivity contribution >= 4 is 0 Å². The van der Waals surface area contributed by atoms with Gasteiger partial charge in [-0.1, -0.05) is 84.9 Å². The molecule has 29 heavy (non-hydrogen) atoms. The van der Waals surface area contributed by atoms with Gasteiger partial charge >= 0.3 is 0 Å². The lowest BCUT2D eigenvalue weighted by molar-refractivity contribution is 0.469. The van der Waals surface area contributed by atoms with Gasteiger partial charge in [-0.25, -0.2) is 0 Å². The van der Waals surface area contributed by atoms with E-state index < -0.39 is 0 Å². The Bertz CT molecular complexity index is 1050. The quantitative estimate of drug-likeness (QED) is 0.320. The Morgan fingerprint density at radius 1 is 0.379 bits per heavy atom. The van der Waals surface area contributed by atoms with Crippen molar-refractivity contribution in [3.63, 3.8) is 0 Å². The van der Waals surface area contributed by atoms with Crippen LogP contribution in [0.2, 0.25) is 0 Å². The first-order chi connectivity index (χ1) is 14.4. The minimum Gasteiger partial charge on any atom is -0.457 e. The molecule has 0 fully saturated rings. The van der Waals surface area contributed by atoms with E-state index in [0.29, 0.717) is 0 Å². The number of aryl methyl sites for hydroxylation is 4. The number of para-hydroxylation sites is 2. The van der Waals surface area contributed by atoms with Crippen LogP contribution in [0.5, 0.6) is 11.5 Å². The summed E-state index contributed by atoms with van der Waals surface area (Å²) in [5.74, 6) is 1.93. The minimum absolute atomic E-state index is 0.956. The van der Waals surface area contributed by atoms with Gasteiger partial charge in [0, 0.05) is 0 Å². The highest BCUT2D eigenvalue weighted by Gasteiger charge is 2.14. The van der Waals surface area contributed by atoms with Crippen molar-refractivity contribution in [1.29, 1.82) is 0 Å². The summed E-state index contributed by atoms with van der Waals surface area (Å²) >= 11 is 0. The van der Waals surface area contributed by atoms with Gasteiger partial charge in [-0.3, -0.25) is 0 Å². The molecule has 0 atom stereocenters. The van der Waals surface area contributed by atoms with Crippen LogP contribution in [0.25, 0.3) is 11.1 Å². The molecular weight excluding hydrogens is 352 g/mol. The fourth-order valence-corrected chi connectivity index (χ4v) is 4.28. The molecule has 1 aliphatic rings. The summed E-state index contributed by atoms with van der Waals surface area (Å²) in [4.78, 5) is 0. The summed E-state index contributed by atoms with van der Waals surface area (Å²) in [6.45, 7) is 0. The Balaban J connectivity index is 1.66. The van der Waals surface area contributed by atoms with Crippen LogP contribution in [-0.4, -0.2) is 0 Å². The van der Waals surface area contributed by atoms with Crippen molar-refractivity contribution < 1.29 is 4.74 Å². The normalized spacial score (nSPS) is 13.2. The summed E-state index contributed by atoms with van der Waals surface area (Å²) in [5, 5.41) is 0. The standard InChI is InChI=1S/C28H24O/c1-5-13-25-21(9-1)17-19-23-11-3-7-15-27(23)29-28-16-8-4-12-24(28)20-18-22-10-2-6-14-26(22)25/h1-16H,17-20H2. The Morgan fingerprint density at radius 3 is 1.21 bits per heavy atom. The molecule has 0 aromatic heterocycles. The lowest BCUT2D eigenvalue weighted by Crippen LogP contribution is -1.98. The fraction of sp³-hybridized carbons (Fsp3) is 0.143. The predicted molar refractivity (Wildman–Crippen MR) is 120 cm³/mol. The summed E-state index contributed by atoms with van der Waals surface area (Å²) in [6, 6.07) is 34.6. The highest BCUT2D eigenvalue weighted by atomic mass is 16.5. The van der Waals surface area contributed by atoms with Gasteiger partial charge in [0.1, 0.15) is 11.5 Å². The van der Waals surface area contributed by atoms with E-state index in [1.165, 1.54) is 33.4 Å². The molecule has 0 spiro atoms. The highest BCUT2D eigenvalue weighted by Crippen LogP contribution is 2.33. The van der Waals surface area contributed by atoms with Crippen LogP contribution < -0.4 is 4.74 Å². The second kappa shape index (κ2) is 7.97. The van der Waals surface area contributed by atoms with Crippen molar-refractivity contribution in [2.75, 3.05) is 0 Å². The second-order valence-electron chi connectivity index (χ2n) is 7.63. The van der Waals surface area contributed by atoms with Crippen molar-refractivity contribution in [1.82, 2.24) is 0 Å². The molecule has 4 aromatic carbocycles. The molecule has 142 valence electrons. The monoisotopic (exact) mass is 376 g/mol. The average Bonchev–Trinajstić information content (AvgIpc) is 2.79. The van der Waals surface area contributed by atoms with Crippen LogP contribution in [0.15, 0.2) is 97.1 Å². The molecule has 0 amide bonds. The SMILES string of the molecule is c1ccc2c(c1)CCc1ccccc1-c1ccccc1CCc1ccccc1O2. The van der Waals surface area contributed by atoms with Crippen LogP contribution >= 0.6 is 0 Å². The summed E-state index contributed by atoms with van der Waals surface area (Å²) in [7, 11) is 0. The molecule has 0 saturated carbocycles. The predicted octanol–water partition coefficient (Wildman–Crippen LogP) is 7.03. The summed E-state index contributed by atoms with van der Waals surface area (Å²) in [5.41, 5.74) is 8.01. The molecule has 1 aliphatic heterocycles. The van der Waals surface area contributed by atoms with E-state index in [-0.39, 0.29) is 0 Å². The lowest BCUT2D eigenvalue weighted by atomic mass is 9.90. The molecule has 1 heterocycles. The summed E-state index contributed by atoms with van der Waals surface area (Å²) < 4.78 is 6.43. The van der Waals surface area contributed by atoms with Gasteiger partial charge in [0.15, 0.2) is 0 Å². The van der Waals surface area contributed by atoms with Crippen molar-refractivity contribution in [2.24, 2.45) is 0 Å². The number of hydrogen-bond acceptors (Lipinski definition) is 1. The van der Waals surface area contributed by atoms with Gasteiger partial charge < -0.3 is 4.74 Å². The van der Waals surface area contributed by atoms with E-state index in [0.717, 1.165) is 37.2 Å². The van der Waals surface area contributed by atoms with E-state index >= 15 is 0 Å². The van der Waals surface area contributed by atoms with E-state index in [4.69, 9.17) is 4.74 Å². The van der Waals surface area contributed by atoms with Crippen molar-refractivity contribution in [3.8, 4) is 22.6 Å². The van der Waals surface area contributed by atoms with Gasteiger partial charge in [-0.2, -0.15) is 0 Å². The Morgan fingerprint density at radius 2 is 0.724 bits per heavy atom. The minimum atomic E-state index is 0.956. The topological polar surface area (TPSA) is 9.23 Å². The molecule has 1 heteroatoms. The number of hydrogen-bond donors (Lipinski definition) is 0. The molecule has 0 radical (unpaired) electrons. The van der Waals surface area contributed by atoms with E-state index in [1.807, 2.05) is 0 Å². The van der Waals surface area contributed by atoms with Crippen LogP contribution in [0.4, 0.5) is 0 Å². The number of ether oxygens (including phenoxy) is 1. The molecule has 0 saturated heterocycles. The maximum absolute atomic E-state index is 6.43. The highest BCUT2D eigenvalue weighted by molar-refractivity contribution is 5.71. The third-order valence-corrected chi connectivity index (χ3v) is 5.82. The molecule has 1 nitrogen and oxygen atoms in total. The Labute approximate surface area is 172 Å². The molecule has 0 aliphatic carbocycles. The molecule has 0 N–H and O–H groups in total. The third-order valence-electron chi connectivity index (χ3n) is 5.82. The average molecular weight is 376 g/mol. The first-order valence-electron chi connectivity index (χ1n) is 10.4. The van der Waals surface area contributed by atoms with E-state index in [1.54, 1.807) is 0 Å². The summed E-state index contributed by atoms with van der Waals surface area (Å²) in [6.07, 6.45) is 3.90. The third kappa shape index (κ3) is 3.69. The van der Waals surface area contributed by atoms with Crippen LogP contribution in [0.3, 0.4) is 0 Å². The largest absolute Gasteiger partial charge is 0.457 e.